The summed E-state index contributed by atoms with van der Waals surface area (Å²) < 4.78 is 0. The minimum atomic E-state index is 0.326. The van der Waals surface area contributed by atoms with E-state index in [-0.39, 0.29) is 0 Å². The van der Waals surface area contributed by atoms with Gasteiger partial charge in [0.25, 0.3) is 0 Å². The van der Waals surface area contributed by atoms with Gasteiger partial charge in [-0.05, 0) is 43.0 Å². The van der Waals surface area contributed by atoms with Crippen LogP contribution in [0.2, 0.25) is 5.02 Å². The van der Waals surface area contributed by atoms with Crippen LogP contribution in [0.4, 0.5) is 5.82 Å². The highest BCUT2D eigenvalue weighted by atomic mass is 35.5. The lowest BCUT2D eigenvalue weighted by atomic mass is 10.1. The smallest absolute Gasteiger partial charge is 0.130 e. The third-order valence-corrected chi connectivity index (χ3v) is 3.54. The van der Waals surface area contributed by atoms with Crippen molar-refractivity contribution in [3.8, 4) is 0 Å². The number of aryl methyl sites for hydroxylation is 2. The molecule has 1 N–H and O–H groups in total. The molecule has 0 saturated heterocycles. The van der Waals surface area contributed by atoms with Crippen LogP contribution in [0.1, 0.15) is 29.3 Å². The molecule has 1 unspecified atom stereocenters. The van der Waals surface area contributed by atoms with Crippen LogP contribution in [0.5, 0.6) is 0 Å². The average molecular weight is 260 g/mol. The van der Waals surface area contributed by atoms with Crippen LogP contribution in [-0.2, 0) is 6.42 Å². The molecule has 1 aromatic heterocycles. The zero-order valence-electron chi connectivity index (χ0n) is 10.2. The van der Waals surface area contributed by atoms with Crippen molar-refractivity contribution in [1.29, 1.82) is 0 Å². The van der Waals surface area contributed by atoms with Gasteiger partial charge < -0.3 is 5.32 Å². The highest BCUT2D eigenvalue weighted by molar-refractivity contribution is 6.30. The van der Waals surface area contributed by atoms with Gasteiger partial charge in [0.2, 0.25) is 0 Å². The summed E-state index contributed by atoms with van der Waals surface area (Å²) >= 11 is 6.01. The molecular formula is C14H14ClN3. The fourth-order valence-electron chi connectivity index (χ4n) is 2.45. The summed E-state index contributed by atoms with van der Waals surface area (Å²) in [5.41, 5.74) is 3.64. The van der Waals surface area contributed by atoms with Gasteiger partial charge in [-0.1, -0.05) is 17.7 Å². The summed E-state index contributed by atoms with van der Waals surface area (Å²) in [6, 6.07) is 8.41. The van der Waals surface area contributed by atoms with E-state index in [9.17, 15) is 0 Å². The maximum Gasteiger partial charge on any atom is 0.130 e. The monoisotopic (exact) mass is 259 g/mol. The molecule has 0 bridgehead atoms. The molecule has 0 fully saturated rings. The Hall–Kier alpha value is -1.61. The normalized spacial score (nSPS) is 17.6. The van der Waals surface area contributed by atoms with Crippen molar-refractivity contribution in [2.45, 2.75) is 25.8 Å². The lowest BCUT2D eigenvalue weighted by molar-refractivity contribution is 0.756. The maximum absolute atomic E-state index is 6.01. The number of fused-ring (bicyclic) bond motifs is 1. The molecule has 2 aromatic rings. The van der Waals surface area contributed by atoms with Crippen LogP contribution in [0.15, 0.2) is 30.6 Å². The largest absolute Gasteiger partial charge is 0.363 e. The van der Waals surface area contributed by atoms with Crippen molar-refractivity contribution < 1.29 is 0 Å². The second kappa shape index (κ2) is 4.58. The van der Waals surface area contributed by atoms with E-state index in [0.29, 0.717) is 6.04 Å². The van der Waals surface area contributed by atoms with Gasteiger partial charge in [-0.15, -0.1) is 0 Å². The van der Waals surface area contributed by atoms with Crippen molar-refractivity contribution in [3.63, 3.8) is 0 Å². The topological polar surface area (TPSA) is 37.8 Å². The first-order valence-corrected chi connectivity index (χ1v) is 6.44. The number of anilines is 1. The van der Waals surface area contributed by atoms with E-state index in [1.54, 1.807) is 6.33 Å². The first kappa shape index (κ1) is 11.5. The Kier molecular flexibility index (Phi) is 2.92. The number of nitrogens with one attached hydrogen (secondary N) is 1. The number of aromatic nitrogens is 2. The van der Waals surface area contributed by atoms with E-state index in [1.165, 1.54) is 11.1 Å². The molecule has 0 spiro atoms. The molecule has 1 atom stereocenters. The molecule has 1 heterocycles. The van der Waals surface area contributed by atoms with E-state index in [4.69, 9.17) is 11.6 Å². The molecule has 3 rings (SSSR count). The predicted octanol–water partition coefficient (Wildman–Crippen LogP) is 3.54. The van der Waals surface area contributed by atoms with Gasteiger partial charge in [0.05, 0.1) is 6.04 Å². The van der Waals surface area contributed by atoms with E-state index >= 15 is 0 Å². The van der Waals surface area contributed by atoms with E-state index in [0.717, 1.165) is 29.4 Å². The summed E-state index contributed by atoms with van der Waals surface area (Å²) in [6.45, 7) is 1.97. The number of benzene rings is 1. The van der Waals surface area contributed by atoms with Gasteiger partial charge >= 0.3 is 0 Å². The van der Waals surface area contributed by atoms with E-state index < -0.39 is 0 Å². The van der Waals surface area contributed by atoms with Crippen LogP contribution in [0.25, 0.3) is 0 Å². The van der Waals surface area contributed by atoms with Crippen LogP contribution in [0, 0.1) is 6.92 Å². The molecular weight excluding hydrogens is 246 g/mol. The van der Waals surface area contributed by atoms with Crippen LogP contribution in [-0.4, -0.2) is 9.97 Å². The number of hydrogen-bond acceptors (Lipinski definition) is 3. The zero-order chi connectivity index (χ0) is 12.5. The fourth-order valence-corrected chi connectivity index (χ4v) is 2.64. The van der Waals surface area contributed by atoms with Crippen molar-refractivity contribution in [1.82, 2.24) is 9.97 Å². The zero-order valence-corrected chi connectivity index (χ0v) is 10.9. The fraction of sp³-hybridized carbons (Fsp3) is 0.286. The summed E-state index contributed by atoms with van der Waals surface area (Å²) in [4.78, 5) is 8.35. The maximum atomic E-state index is 6.01. The molecule has 1 aromatic carbocycles. The van der Waals surface area contributed by atoms with Gasteiger partial charge in [-0.3, -0.25) is 0 Å². The highest BCUT2D eigenvalue weighted by Crippen LogP contribution is 2.34. The Labute approximate surface area is 111 Å². The molecule has 4 heteroatoms. The standard InChI is InChI=1S/C14H14ClN3/c1-9-6-14(17-8-16-9)18-13-5-2-10-7-11(15)3-4-12(10)13/h3-4,6-8,13H,2,5H2,1H3,(H,16,17,18). The number of halogens is 1. The first-order chi connectivity index (χ1) is 8.72. The van der Waals surface area contributed by atoms with Crippen LogP contribution < -0.4 is 5.32 Å². The van der Waals surface area contributed by atoms with Gasteiger partial charge in [-0.25, -0.2) is 9.97 Å². The second-order valence-electron chi connectivity index (χ2n) is 4.62. The van der Waals surface area contributed by atoms with Gasteiger partial charge in [0.1, 0.15) is 12.1 Å². The van der Waals surface area contributed by atoms with Gasteiger partial charge in [-0.2, -0.15) is 0 Å². The van der Waals surface area contributed by atoms with Crippen molar-refractivity contribution >= 4 is 17.4 Å². The van der Waals surface area contributed by atoms with Crippen molar-refractivity contribution in [2.24, 2.45) is 0 Å². The Bertz CT molecular complexity index is 583. The molecule has 0 radical (unpaired) electrons. The van der Waals surface area contributed by atoms with E-state index in [1.807, 2.05) is 19.1 Å². The van der Waals surface area contributed by atoms with E-state index in [2.05, 4.69) is 27.4 Å². The SMILES string of the molecule is Cc1cc(NC2CCc3cc(Cl)ccc32)ncn1. The molecule has 92 valence electrons. The minimum Gasteiger partial charge on any atom is -0.363 e. The molecule has 0 aliphatic heterocycles. The average Bonchev–Trinajstić information content (AvgIpc) is 2.72. The Morgan fingerprint density at radius 3 is 3.00 bits per heavy atom. The third kappa shape index (κ3) is 2.18. The number of rotatable bonds is 2. The Morgan fingerprint density at radius 2 is 2.17 bits per heavy atom. The Morgan fingerprint density at radius 1 is 1.28 bits per heavy atom. The molecule has 1 aliphatic rings. The number of nitrogens with zero attached hydrogens (tertiary/aromatic N) is 2. The second-order valence-corrected chi connectivity index (χ2v) is 5.06. The highest BCUT2D eigenvalue weighted by Gasteiger charge is 2.22. The Balaban J connectivity index is 1.85. The molecule has 1 aliphatic carbocycles. The summed E-state index contributed by atoms with van der Waals surface area (Å²) in [5, 5.41) is 4.28. The molecule has 0 amide bonds. The first-order valence-electron chi connectivity index (χ1n) is 6.06. The van der Waals surface area contributed by atoms with Crippen molar-refractivity contribution in [3.05, 3.63) is 52.4 Å². The van der Waals surface area contributed by atoms with Gasteiger partial charge in [0.15, 0.2) is 0 Å². The molecule has 0 saturated carbocycles. The minimum absolute atomic E-state index is 0.326. The summed E-state index contributed by atoms with van der Waals surface area (Å²) in [5.74, 6) is 0.885. The number of hydrogen-bond donors (Lipinski definition) is 1. The lowest BCUT2D eigenvalue weighted by Gasteiger charge is -2.14. The van der Waals surface area contributed by atoms with Crippen molar-refractivity contribution in [2.75, 3.05) is 5.32 Å². The summed E-state index contributed by atoms with van der Waals surface area (Å²) in [7, 11) is 0. The van der Waals surface area contributed by atoms with Crippen LogP contribution in [0.3, 0.4) is 0 Å². The molecule has 18 heavy (non-hydrogen) atoms. The third-order valence-electron chi connectivity index (χ3n) is 3.31. The summed E-state index contributed by atoms with van der Waals surface area (Å²) in [6.07, 6.45) is 3.74. The predicted molar refractivity (Wildman–Crippen MR) is 72.9 cm³/mol. The quantitative estimate of drug-likeness (QED) is 0.896. The molecule has 3 nitrogen and oxygen atoms in total. The van der Waals surface area contributed by atoms with Crippen LogP contribution >= 0.6 is 11.6 Å². The van der Waals surface area contributed by atoms with Gasteiger partial charge in [0, 0.05) is 16.8 Å². The lowest BCUT2D eigenvalue weighted by Crippen LogP contribution is -2.08.